The standard InChI is InChI=1S/C17H26ClNO4/c1-4-22-17(21)8-6-13-5-7-16(15(18)9-13)23-11-14(20)10-19-12(2)3/h5,7,9,12,14,19-20H,4,6,8,10-11H2,1-3H3. The number of rotatable bonds is 10. The highest BCUT2D eigenvalue weighted by atomic mass is 35.5. The van der Waals surface area contributed by atoms with Crippen LogP contribution in [0.25, 0.3) is 0 Å². The molecule has 0 aliphatic carbocycles. The van der Waals surface area contributed by atoms with E-state index in [0.717, 1.165) is 5.56 Å². The lowest BCUT2D eigenvalue weighted by molar-refractivity contribution is -0.143. The number of ether oxygens (including phenoxy) is 2. The SMILES string of the molecule is CCOC(=O)CCc1ccc(OCC(O)CNC(C)C)c(Cl)c1. The normalized spacial score (nSPS) is 12.3. The Bertz CT molecular complexity index is 493. The van der Waals surface area contributed by atoms with Gasteiger partial charge in [-0.05, 0) is 31.0 Å². The van der Waals surface area contributed by atoms with Gasteiger partial charge in [-0.25, -0.2) is 0 Å². The van der Waals surface area contributed by atoms with E-state index in [9.17, 15) is 9.90 Å². The van der Waals surface area contributed by atoms with Crippen LogP contribution in [0.2, 0.25) is 5.02 Å². The molecule has 0 fully saturated rings. The molecular weight excluding hydrogens is 318 g/mol. The van der Waals surface area contributed by atoms with Crippen LogP contribution in [-0.2, 0) is 16.0 Å². The maximum absolute atomic E-state index is 11.3. The van der Waals surface area contributed by atoms with Crippen molar-refractivity contribution in [3.05, 3.63) is 28.8 Å². The fourth-order valence-corrected chi connectivity index (χ4v) is 2.17. The maximum atomic E-state index is 11.3. The quantitative estimate of drug-likeness (QED) is 0.639. The molecular formula is C17H26ClNO4. The van der Waals surface area contributed by atoms with E-state index >= 15 is 0 Å². The summed E-state index contributed by atoms with van der Waals surface area (Å²) >= 11 is 6.18. The summed E-state index contributed by atoms with van der Waals surface area (Å²) in [7, 11) is 0. The lowest BCUT2D eigenvalue weighted by Gasteiger charge is -2.16. The number of aliphatic hydroxyl groups is 1. The Morgan fingerprint density at radius 1 is 1.39 bits per heavy atom. The molecule has 0 spiro atoms. The van der Waals surface area contributed by atoms with E-state index in [-0.39, 0.29) is 12.6 Å². The van der Waals surface area contributed by atoms with Crippen LogP contribution < -0.4 is 10.1 Å². The Morgan fingerprint density at radius 2 is 2.13 bits per heavy atom. The van der Waals surface area contributed by atoms with Crippen molar-refractivity contribution in [2.45, 2.75) is 45.8 Å². The predicted octanol–water partition coefficient (Wildman–Crippen LogP) is 2.57. The first-order valence-electron chi connectivity index (χ1n) is 7.90. The van der Waals surface area contributed by atoms with Crippen LogP contribution in [0, 0.1) is 0 Å². The minimum Gasteiger partial charge on any atom is -0.489 e. The summed E-state index contributed by atoms with van der Waals surface area (Å²) in [6, 6.07) is 5.70. The molecule has 0 bridgehead atoms. The molecule has 6 heteroatoms. The number of aryl methyl sites for hydroxylation is 1. The highest BCUT2D eigenvalue weighted by Crippen LogP contribution is 2.26. The van der Waals surface area contributed by atoms with Gasteiger partial charge < -0.3 is 19.9 Å². The fourth-order valence-electron chi connectivity index (χ4n) is 1.91. The molecule has 0 aliphatic rings. The monoisotopic (exact) mass is 343 g/mol. The third-order valence-electron chi connectivity index (χ3n) is 3.11. The molecule has 1 aromatic rings. The summed E-state index contributed by atoms with van der Waals surface area (Å²) in [5, 5.41) is 13.4. The molecule has 0 saturated heterocycles. The third kappa shape index (κ3) is 8.21. The van der Waals surface area contributed by atoms with Gasteiger partial charge in [-0.3, -0.25) is 4.79 Å². The van der Waals surface area contributed by atoms with E-state index < -0.39 is 6.10 Å². The van der Waals surface area contributed by atoms with Crippen molar-refractivity contribution in [3.63, 3.8) is 0 Å². The topological polar surface area (TPSA) is 67.8 Å². The zero-order valence-electron chi connectivity index (χ0n) is 14.0. The Hall–Kier alpha value is -1.30. The number of esters is 1. The highest BCUT2D eigenvalue weighted by Gasteiger charge is 2.09. The lowest BCUT2D eigenvalue weighted by Crippen LogP contribution is -2.35. The number of hydrogen-bond acceptors (Lipinski definition) is 5. The molecule has 1 atom stereocenters. The molecule has 1 rings (SSSR count). The summed E-state index contributed by atoms with van der Waals surface area (Å²) in [5.74, 6) is 0.305. The second-order valence-corrected chi connectivity index (χ2v) is 6.00. The number of aliphatic hydroxyl groups excluding tert-OH is 1. The second-order valence-electron chi connectivity index (χ2n) is 5.60. The van der Waals surface area contributed by atoms with Gasteiger partial charge in [0.1, 0.15) is 18.5 Å². The summed E-state index contributed by atoms with van der Waals surface area (Å²) in [6.07, 6.45) is 0.293. The molecule has 0 aromatic heterocycles. The van der Waals surface area contributed by atoms with Gasteiger partial charge in [-0.1, -0.05) is 31.5 Å². The number of halogens is 1. The van der Waals surface area contributed by atoms with Crippen molar-refractivity contribution in [3.8, 4) is 5.75 Å². The van der Waals surface area contributed by atoms with Crippen LogP contribution in [0.15, 0.2) is 18.2 Å². The minimum absolute atomic E-state index is 0.168. The van der Waals surface area contributed by atoms with Gasteiger partial charge in [0.15, 0.2) is 0 Å². The first-order valence-corrected chi connectivity index (χ1v) is 8.28. The van der Waals surface area contributed by atoms with Gasteiger partial charge >= 0.3 is 5.97 Å². The maximum Gasteiger partial charge on any atom is 0.306 e. The van der Waals surface area contributed by atoms with Crippen LogP contribution in [0.5, 0.6) is 5.75 Å². The zero-order chi connectivity index (χ0) is 17.2. The molecule has 0 radical (unpaired) electrons. The number of benzene rings is 1. The van der Waals surface area contributed by atoms with Crippen molar-refractivity contribution >= 4 is 17.6 Å². The van der Waals surface area contributed by atoms with Crippen molar-refractivity contribution in [1.29, 1.82) is 0 Å². The highest BCUT2D eigenvalue weighted by molar-refractivity contribution is 6.32. The summed E-state index contributed by atoms with van der Waals surface area (Å²) in [5.41, 5.74) is 0.942. The van der Waals surface area contributed by atoms with E-state index in [1.165, 1.54) is 0 Å². The smallest absolute Gasteiger partial charge is 0.306 e. The first-order chi connectivity index (χ1) is 10.9. The molecule has 2 N–H and O–H groups in total. The van der Waals surface area contributed by atoms with Gasteiger partial charge in [-0.2, -0.15) is 0 Å². The molecule has 1 unspecified atom stereocenters. The number of hydrogen-bond donors (Lipinski definition) is 2. The van der Waals surface area contributed by atoms with Gasteiger partial charge in [0.05, 0.1) is 11.6 Å². The summed E-state index contributed by atoms with van der Waals surface area (Å²) in [4.78, 5) is 11.3. The fraction of sp³-hybridized carbons (Fsp3) is 0.588. The predicted molar refractivity (Wildman–Crippen MR) is 91.0 cm³/mol. The molecule has 1 aromatic carbocycles. The van der Waals surface area contributed by atoms with Gasteiger partial charge in [0, 0.05) is 19.0 Å². The summed E-state index contributed by atoms with van der Waals surface area (Å²) < 4.78 is 10.4. The summed E-state index contributed by atoms with van der Waals surface area (Å²) in [6.45, 7) is 6.83. The minimum atomic E-state index is -0.600. The Labute approximate surface area is 142 Å². The molecule has 0 heterocycles. The van der Waals surface area contributed by atoms with E-state index in [4.69, 9.17) is 21.1 Å². The van der Waals surface area contributed by atoms with Crippen LogP contribution in [0.3, 0.4) is 0 Å². The van der Waals surface area contributed by atoms with E-state index in [1.54, 1.807) is 19.1 Å². The van der Waals surface area contributed by atoms with Crippen molar-refractivity contribution in [1.82, 2.24) is 5.32 Å². The Morgan fingerprint density at radius 3 is 2.74 bits per heavy atom. The molecule has 23 heavy (non-hydrogen) atoms. The van der Waals surface area contributed by atoms with E-state index in [0.29, 0.717) is 42.8 Å². The average molecular weight is 344 g/mol. The molecule has 5 nitrogen and oxygen atoms in total. The molecule has 0 aliphatic heterocycles. The second kappa shape index (κ2) is 10.5. The van der Waals surface area contributed by atoms with Crippen molar-refractivity contribution in [2.75, 3.05) is 19.8 Å². The van der Waals surface area contributed by atoms with Crippen LogP contribution in [-0.4, -0.2) is 43.0 Å². The zero-order valence-corrected chi connectivity index (χ0v) is 14.7. The molecule has 0 amide bonds. The van der Waals surface area contributed by atoms with Crippen LogP contribution in [0.1, 0.15) is 32.8 Å². The van der Waals surface area contributed by atoms with Gasteiger partial charge in [-0.15, -0.1) is 0 Å². The van der Waals surface area contributed by atoms with E-state index in [1.807, 2.05) is 19.9 Å². The molecule has 0 saturated carbocycles. The average Bonchev–Trinajstić information content (AvgIpc) is 2.50. The third-order valence-corrected chi connectivity index (χ3v) is 3.41. The number of nitrogens with one attached hydrogen (secondary N) is 1. The van der Waals surface area contributed by atoms with Gasteiger partial charge in [0.25, 0.3) is 0 Å². The van der Waals surface area contributed by atoms with Crippen LogP contribution in [0.4, 0.5) is 0 Å². The Balaban J connectivity index is 2.45. The van der Waals surface area contributed by atoms with Crippen molar-refractivity contribution < 1.29 is 19.4 Å². The first kappa shape index (κ1) is 19.7. The largest absolute Gasteiger partial charge is 0.489 e. The van der Waals surface area contributed by atoms with Crippen molar-refractivity contribution in [2.24, 2.45) is 0 Å². The number of carbonyl (C=O) groups excluding carboxylic acids is 1. The number of carbonyl (C=O) groups is 1. The Kier molecular flexibility index (Phi) is 8.99. The van der Waals surface area contributed by atoms with Crippen LogP contribution >= 0.6 is 11.6 Å². The van der Waals surface area contributed by atoms with Gasteiger partial charge in [0.2, 0.25) is 0 Å². The molecule has 130 valence electrons. The van der Waals surface area contributed by atoms with E-state index in [2.05, 4.69) is 5.32 Å². The lowest BCUT2D eigenvalue weighted by atomic mass is 10.1.